The van der Waals surface area contributed by atoms with Crippen LogP contribution in [-0.2, 0) is 6.61 Å². The van der Waals surface area contributed by atoms with Gasteiger partial charge in [0, 0.05) is 11.5 Å². The number of aromatic nitrogens is 2. The molecule has 0 atom stereocenters. The number of halogens is 1. The average Bonchev–Trinajstić information content (AvgIpc) is 2.78. The van der Waals surface area contributed by atoms with Crippen LogP contribution < -0.4 is 16.0 Å². The maximum absolute atomic E-state index is 13.0. The minimum Gasteiger partial charge on any atom is -0.487 e. The second-order valence-corrected chi connectivity index (χ2v) is 4.15. The van der Waals surface area contributed by atoms with Crippen LogP contribution in [0.15, 0.2) is 18.2 Å². The molecule has 0 fully saturated rings. The number of nitrogens with two attached hydrogens (primary N) is 1. The van der Waals surface area contributed by atoms with Crippen LogP contribution in [0.1, 0.15) is 11.3 Å². The van der Waals surface area contributed by atoms with Gasteiger partial charge >= 0.3 is 0 Å². The number of hydrazine groups is 1. The number of aryl methyl sites for hydroxylation is 1. The third-order valence-electron chi connectivity index (χ3n) is 2.19. The molecule has 7 heteroatoms. The summed E-state index contributed by atoms with van der Waals surface area (Å²) in [5.41, 5.74) is 3.65. The lowest BCUT2D eigenvalue weighted by atomic mass is 10.2. The van der Waals surface area contributed by atoms with Crippen LogP contribution in [0.5, 0.6) is 5.75 Å². The molecule has 1 heterocycles. The van der Waals surface area contributed by atoms with Crippen molar-refractivity contribution in [2.24, 2.45) is 5.84 Å². The minimum atomic E-state index is -0.253. The van der Waals surface area contributed by atoms with Gasteiger partial charge < -0.3 is 10.2 Å². The van der Waals surface area contributed by atoms with Gasteiger partial charge in [-0.25, -0.2) is 10.2 Å². The second-order valence-electron chi connectivity index (χ2n) is 3.39. The van der Waals surface area contributed by atoms with E-state index in [0.29, 0.717) is 22.0 Å². The molecule has 2 rings (SSSR count). The third kappa shape index (κ3) is 2.69. The number of nitrogens with zero attached hydrogens (tertiary/aromatic N) is 2. The maximum Gasteiger partial charge on any atom is 0.150 e. The van der Waals surface area contributed by atoms with Gasteiger partial charge in [0.15, 0.2) is 5.00 Å². The van der Waals surface area contributed by atoms with Gasteiger partial charge in [-0.1, -0.05) is 4.49 Å². The highest BCUT2D eigenvalue weighted by atomic mass is 32.1. The van der Waals surface area contributed by atoms with Crippen molar-refractivity contribution in [1.29, 1.82) is 0 Å². The van der Waals surface area contributed by atoms with E-state index >= 15 is 0 Å². The fourth-order valence-electron chi connectivity index (χ4n) is 1.27. The number of hydrogen-bond donors (Lipinski definition) is 2. The molecule has 0 unspecified atom stereocenters. The normalized spacial score (nSPS) is 10.3. The van der Waals surface area contributed by atoms with Gasteiger partial charge in [-0.2, -0.15) is 0 Å². The molecule has 1 aromatic carbocycles. The Balaban J connectivity index is 2.05. The third-order valence-corrected chi connectivity index (χ3v) is 2.89. The number of nitrogen functional groups attached to an aromatic ring is 1. The summed E-state index contributed by atoms with van der Waals surface area (Å²) in [7, 11) is 0. The largest absolute Gasteiger partial charge is 0.487 e. The SMILES string of the molecule is Cc1cc(OCc2nnsc2NN)ccc1F. The molecule has 0 aliphatic rings. The van der Waals surface area contributed by atoms with Crippen molar-refractivity contribution in [2.45, 2.75) is 13.5 Å². The number of rotatable bonds is 4. The summed E-state index contributed by atoms with van der Waals surface area (Å²) in [4.78, 5) is 0. The zero-order valence-electron chi connectivity index (χ0n) is 9.11. The molecule has 0 saturated heterocycles. The highest BCUT2D eigenvalue weighted by Gasteiger charge is 2.07. The standard InChI is InChI=1S/C10H11FN4OS/c1-6-4-7(2-3-8(6)11)16-5-9-10(13-12)17-15-14-9/h2-4,13H,5,12H2,1H3. The molecule has 0 radical (unpaired) electrons. The summed E-state index contributed by atoms with van der Waals surface area (Å²) in [6, 6.07) is 4.56. The molecule has 0 spiro atoms. The molecule has 5 nitrogen and oxygen atoms in total. The summed E-state index contributed by atoms with van der Waals surface area (Å²) in [6.45, 7) is 1.92. The highest BCUT2D eigenvalue weighted by molar-refractivity contribution is 7.10. The van der Waals surface area contributed by atoms with E-state index in [1.54, 1.807) is 19.1 Å². The zero-order chi connectivity index (χ0) is 12.3. The molecule has 0 saturated carbocycles. The second kappa shape index (κ2) is 5.07. The monoisotopic (exact) mass is 254 g/mol. The lowest BCUT2D eigenvalue weighted by molar-refractivity contribution is 0.301. The molecule has 2 aromatic rings. The first-order chi connectivity index (χ1) is 8.20. The smallest absolute Gasteiger partial charge is 0.150 e. The Bertz CT molecular complexity index is 517. The number of nitrogens with one attached hydrogen (secondary N) is 1. The van der Waals surface area contributed by atoms with Crippen molar-refractivity contribution in [3.05, 3.63) is 35.3 Å². The summed E-state index contributed by atoms with van der Waals surface area (Å²) < 4.78 is 22.2. The van der Waals surface area contributed by atoms with Crippen molar-refractivity contribution in [3.63, 3.8) is 0 Å². The van der Waals surface area contributed by atoms with Gasteiger partial charge in [0.05, 0.1) is 0 Å². The van der Waals surface area contributed by atoms with Gasteiger partial charge in [0.25, 0.3) is 0 Å². The van der Waals surface area contributed by atoms with Gasteiger partial charge in [-0.05, 0) is 30.7 Å². The molecule has 17 heavy (non-hydrogen) atoms. The van der Waals surface area contributed by atoms with E-state index < -0.39 is 0 Å². The Labute approximate surface area is 102 Å². The van der Waals surface area contributed by atoms with Crippen molar-refractivity contribution in [1.82, 2.24) is 9.59 Å². The Morgan fingerprint density at radius 3 is 3.06 bits per heavy atom. The van der Waals surface area contributed by atoms with Gasteiger partial charge in [-0.3, -0.25) is 0 Å². The van der Waals surface area contributed by atoms with Crippen LogP contribution in [0, 0.1) is 12.7 Å². The molecule has 90 valence electrons. The number of benzene rings is 1. The first-order valence-electron chi connectivity index (χ1n) is 4.87. The zero-order valence-corrected chi connectivity index (χ0v) is 9.92. The van der Waals surface area contributed by atoms with Gasteiger partial charge in [-0.15, -0.1) is 5.10 Å². The van der Waals surface area contributed by atoms with Crippen LogP contribution in [0.4, 0.5) is 9.39 Å². The Morgan fingerprint density at radius 1 is 1.53 bits per heavy atom. The van der Waals surface area contributed by atoms with Crippen LogP contribution in [0.3, 0.4) is 0 Å². The van der Waals surface area contributed by atoms with E-state index in [1.807, 2.05) is 0 Å². The predicted molar refractivity (Wildman–Crippen MR) is 63.2 cm³/mol. The molecular formula is C10H11FN4OS. The molecule has 0 amide bonds. The quantitative estimate of drug-likeness (QED) is 0.643. The average molecular weight is 254 g/mol. The van der Waals surface area contributed by atoms with Gasteiger partial charge in [0.2, 0.25) is 0 Å². The minimum absolute atomic E-state index is 0.237. The molecule has 0 aliphatic heterocycles. The number of anilines is 1. The van der Waals surface area contributed by atoms with Crippen LogP contribution in [-0.4, -0.2) is 9.59 Å². The van der Waals surface area contributed by atoms with E-state index in [-0.39, 0.29) is 12.4 Å². The van der Waals surface area contributed by atoms with Crippen molar-refractivity contribution in [3.8, 4) is 5.75 Å². The van der Waals surface area contributed by atoms with E-state index in [4.69, 9.17) is 10.6 Å². The molecule has 0 bridgehead atoms. The van der Waals surface area contributed by atoms with Crippen LogP contribution >= 0.6 is 11.5 Å². The van der Waals surface area contributed by atoms with E-state index in [1.165, 1.54) is 6.07 Å². The molecular weight excluding hydrogens is 243 g/mol. The molecule has 0 aliphatic carbocycles. The number of hydrogen-bond acceptors (Lipinski definition) is 6. The first-order valence-corrected chi connectivity index (χ1v) is 5.65. The van der Waals surface area contributed by atoms with Gasteiger partial charge in [0.1, 0.15) is 23.9 Å². The summed E-state index contributed by atoms with van der Waals surface area (Å²) in [5, 5.41) is 4.53. The highest BCUT2D eigenvalue weighted by Crippen LogP contribution is 2.20. The topological polar surface area (TPSA) is 73.1 Å². The Morgan fingerprint density at radius 2 is 2.35 bits per heavy atom. The van der Waals surface area contributed by atoms with Crippen molar-refractivity contribution < 1.29 is 9.13 Å². The van der Waals surface area contributed by atoms with Crippen molar-refractivity contribution in [2.75, 3.05) is 5.43 Å². The molecule has 1 aromatic heterocycles. The predicted octanol–water partition coefficient (Wildman–Crippen LogP) is 1.85. The summed E-state index contributed by atoms with van der Waals surface area (Å²) in [5.74, 6) is 5.61. The van der Waals surface area contributed by atoms with Crippen LogP contribution in [0.25, 0.3) is 0 Å². The first kappa shape index (κ1) is 11.7. The maximum atomic E-state index is 13.0. The molecule has 3 N–H and O–H groups in total. The Hall–Kier alpha value is -1.73. The van der Waals surface area contributed by atoms with Crippen LogP contribution in [0.2, 0.25) is 0 Å². The van der Waals surface area contributed by atoms with E-state index in [2.05, 4.69) is 15.0 Å². The fourth-order valence-corrected chi connectivity index (χ4v) is 1.75. The van der Waals surface area contributed by atoms with E-state index in [0.717, 1.165) is 11.5 Å². The fraction of sp³-hybridized carbons (Fsp3) is 0.200. The Kier molecular flexibility index (Phi) is 3.50. The summed E-state index contributed by atoms with van der Waals surface area (Å²) >= 11 is 1.15. The number of ether oxygens (including phenoxy) is 1. The lowest BCUT2D eigenvalue weighted by Crippen LogP contribution is -2.08. The van der Waals surface area contributed by atoms with E-state index in [9.17, 15) is 4.39 Å². The van der Waals surface area contributed by atoms with Crippen molar-refractivity contribution >= 4 is 16.5 Å². The lowest BCUT2D eigenvalue weighted by Gasteiger charge is -2.06. The summed E-state index contributed by atoms with van der Waals surface area (Å²) in [6.07, 6.45) is 0.